The van der Waals surface area contributed by atoms with Crippen molar-refractivity contribution in [3.8, 4) is 0 Å². The van der Waals surface area contributed by atoms with Crippen molar-refractivity contribution in [3.63, 3.8) is 0 Å². The van der Waals surface area contributed by atoms with Crippen LogP contribution in [0.2, 0.25) is 0 Å². The number of nitrogens with two attached hydrogens (primary N) is 1. The van der Waals surface area contributed by atoms with E-state index >= 15 is 0 Å². The van der Waals surface area contributed by atoms with Crippen LogP contribution in [-0.4, -0.2) is 18.1 Å². The standard InChI is InChI=1S/C19H29NO2/c1-2-3-4-5-6-7-8-9-14-18(21)16-12-10-11-13-17(16)19(22)15-20/h10-13H,2-9,14-15,20H2,1H3. The van der Waals surface area contributed by atoms with Crippen molar-refractivity contribution >= 4 is 11.6 Å². The van der Waals surface area contributed by atoms with E-state index in [9.17, 15) is 9.59 Å². The monoisotopic (exact) mass is 303 g/mol. The summed E-state index contributed by atoms with van der Waals surface area (Å²) in [6.45, 7) is 2.17. The summed E-state index contributed by atoms with van der Waals surface area (Å²) in [5.74, 6) is -0.108. The highest BCUT2D eigenvalue weighted by Gasteiger charge is 2.14. The molecule has 0 saturated carbocycles. The molecule has 1 rings (SSSR count). The van der Waals surface area contributed by atoms with E-state index in [2.05, 4.69) is 6.92 Å². The van der Waals surface area contributed by atoms with Gasteiger partial charge < -0.3 is 5.73 Å². The molecule has 22 heavy (non-hydrogen) atoms. The second kappa shape index (κ2) is 11.1. The lowest BCUT2D eigenvalue weighted by molar-refractivity contribution is 0.0955. The first-order chi connectivity index (χ1) is 10.7. The minimum absolute atomic E-state index is 0.0535. The zero-order valence-corrected chi connectivity index (χ0v) is 13.8. The van der Waals surface area contributed by atoms with Gasteiger partial charge in [0.2, 0.25) is 0 Å². The molecule has 0 aliphatic rings. The maximum absolute atomic E-state index is 12.3. The molecule has 0 saturated heterocycles. The minimum Gasteiger partial charge on any atom is -0.324 e. The van der Waals surface area contributed by atoms with Crippen LogP contribution in [0.1, 0.15) is 85.4 Å². The van der Waals surface area contributed by atoms with Gasteiger partial charge in [0.1, 0.15) is 0 Å². The first-order valence-corrected chi connectivity index (χ1v) is 8.56. The van der Waals surface area contributed by atoms with Crippen LogP contribution in [-0.2, 0) is 0 Å². The zero-order valence-electron chi connectivity index (χ0n) is 13.8. The summed E-state index contributed by atoms with van der Waals surface area (Å²) in [6.07, 6.45) is 10.2. The SMILES string of the molecule is CCCCCCCCCCC(=O)c1ccccc1C(=O)CN. The number of unbranched alkanes of at least 4 members (excludes halogenated alkanes) is 7. The fraction of sp³-hybridized carbons (Fsp3) is 0.579. The average Bonchev–Trinajstić information content (AvgIpc) is 2.56. The molecule has 122 valence electrons. The highest BCUT2D eigenvalue weighted by molar-refractivity contribution is 6.09. The Bertz CT molecular complexity index is 468. The molecule has 0 aromatic heterocycles. The van der Waals surface area contributed by atoms with Crippen molar-refractivity contribution in [2.24, 2.45) is 5.73 Å². The summed E-state index contributed by atoms with van der Waals surface area (Å²) >= 11 is 0. The first-order valence-electron chi connectivity index (χ1n) is 8.56. The fourth-order valence-electron chi connectivity index (χ4n) is 2.63. The van der Waals surface area contributed by atoms with Crippen LogP contribution < -0.4 is 5.73 Å². The predicted octanol–water partition coefficient (Wildman–Crippen LogP) is 4.54. The number of carbonyl (C=O) groups excluding carboxylic acids is 2. The highest BCUT2D eigenvalue weighted by atomic mass is 16.1. The molecule has 0 radical (unpaired) electrons. The number of benzene rings is 1. The Morgan fingerprint density at radius 3 is 1.86 bits per heavy atom. The van der Waals surface area contributed by atoms with Crippen molar-refractivity contribution in [1.82, 2.24) is 0 Å². The first kappa shape index (κ1) is 18.6. The molecule has 0 amide bonds. The third-order valence-corrected chi connectivity index (χ3v) is 3.97. The highest BCUT2D eigenvalue weighted by Crippen LogP contribution is 2.15. The van der Waals surface area contributed by atoms with Gasteiger partial charge in [-0.2, -0.15) is 0 Å². The Morgan fingerprint density at radius 1 is 0.818 bits per heavy atom. The van der Waals surface area contributed by atoms with Gasteiger partial charge in [0, 0.05) is 17.5 Å². The van der Waals surface area contributed by atoms with Crippen molar-refractivity contribution in [3.05, 3.63) is 35.4 Å². The van der Waals surface area contributed by atoms with Crippen molar-refractivity contribution in [1.29, 1.82) is 0 Å². The lowest BCUT2D eigenvalue weighted by Crippen LogP contribution is -2.17. The van der Waals surface area contributed by atoms with E-state index in [1.165, 1.54) is 38.5 Å². The number of hydrogen-bond acceptors (Lipinski definition) is 3. The van der Waals surface area contributed by atoms with Crippen molar-refractivity contribution < 1.29 is 9.59 Å². The van der Waals surface area contributed by atoms with Crippen LogP contribution in [0.5, 0.6) is 0 Å². The largest absolute Gasteiger partial charge is 0.324 e. The molecule has 0 fully saturated rings. The molecule has 0 spiro atoms. The fourth-order valence-corrected chi connectivity index (χ4v) is 2.63. The van der Waals surface area contributed by atoms with Gasteiger partial charge in [-0.1, -0.05) is 76.1 Å². The molecule has 0 aliphatic heterocycles. The third-order valence-electron chi connectivity index (χ3n) is 3.97. The Kier molecular flexibility index (Phi) is 9.40. The molecule has 0 aliphatic carbocycles. The van der Waals surface area contributed by atoms with Crippen LogP contribution in [0.4, 0.5) is 0 Å². The molecule has 1 aromatic carbocycles. The molecule has 0 heterocycles. The van der Waals surface area contributed by atoms with E-state index in [1.807, 2.05) is 0 Å². The Morgan fingerprint density at radius 2 is 1.32 bits per heavy atom. The van der Waals surface area contributed by atoms with Gasteiger partial charge >= 0.3 is 0 Å². The molecule has 0 atom stereocenters. The average molecular weight is 303 g/mol. The van der Waals surface area contributed by atoms with Crippen molar-refractivity contribution in [2.75, 3.05) is 6.54 Å². The number of carbonyl (C=O) groups is 2. The van der Waals surface area contributed by atoms with Gasteiger partial charge in [0.15, 0.2) is 11.6 Å². The topological polar surface area (TPSA) is 60.2 Å². The number of hydrogen-bond donors (Lipinski definition) is 1. The number of rotatable bonds is 12. The summed E-state index contributed by atoms with van der Waals surface area (Å²) in [7, 11) is 0. The van der Waals surface area contributed by atoms with Gasteiger partial charge in [0.05, 0.1) is 6.54 Å². The van der Waals surface area contributed by atoms with E-state index in [-0.39, 0.29) is 18.1 Å². The number of Topliss-reactive ketones (excluding diaryl/α,β-unsaturated/α-hetero) is 2. The summed E-state index contributed by atoms with van der Waals surface area (Å²) in [5, 5.41) is 0. The second-order valence-corrected chi connectivity index (χ2v) is 5.82. The molecule has 1 aromatic rings. The molecular weight excluding hydrogens is 274 g/mol. The Hall–Kier alpha value is -1.48. The van der Waals surface area contributed by atoms with E-state index in [1.54, 1.807) is 24.3 Å². The van der Waals surface area contributed by atoms with E-state index in [0.29, 0.717) is 17.5 Å². The van der Waals surface area contributed by atoms with E-state index in [0.717, 1.165) is 12.8 Å². The van der Waals surface area contributed by atoms with Crippen LogP contribution in [0.15, 0.2) is 24.3 Å². The predicted molar refractivity (Wildman–Crippen MR) is 91.4 cm³/mol. The molecule has 0 bridgehead atoms. The lowest BCUT2D eigenvalue weighted by Gasteiger charge is -2.07. The second-order valence-electron chi connectivity index (χ2n) is 5.82. The summed E-state index contributed by atoms with van der Waals surface area (Å²) < 4.78 is 0. The quantitative estimate of drug-likeness (QED) is 0.455. The molecule has 0 unspecified atom stereocenters. The normalized spacial score (nSPS) is 10.6. The molecule has 2 N–H and O–H groups in total. The lowest BCUT2D eigenvalue weighted by atomic mass is 9.96. The van der Waals surface area contributed by atoms with Crippen LogP contribution in [0.25, 0.3) is 0 Å². The summed E-state index contributed by atoms with van der Waals surface area (Å²) in [6, 6.07) is 7.00. The summed E-state index contributed by atoms with van der Waals surface area (Å²) in [4.78, 5) is 24.0. The summed E-state index contributed by atoms with van der Waals surface area (Å²) in [5.41, 5.74) is 6.40. The molecule has 3 nitrogen and oxygen atoms in total. The minimum atomic E-state index is -0.167. The maximum atomic E-state index is 12.3. The van der Waals surface area contributed by atoms with Gasteiger partial charge in [-0.15, -0.1) is 0 Å². The third kappa shape index (κ3) is 6.52. The Labute approximate surface area is 134 Å². The van der Waals surface area contributed by atoms with Crippen LogP contribution in [0, 0.1) is 0 Å². The molecular formula is C19H29NO2. The van der Waals surface area contributed by atoms with E-state index in [4.69, 9.17) is 5.73 Å². The Balaban J connectivity index is 2.33. The van der Waals surface area contributed by atoms with E-state index < -0.39 is 0 Å². The van der Waals surface area contributed by atoms with Gasteiger partial charge in [-0.3, -0.25) is 9.59 Å². The van der Waals surface area contributed by atoms with Crippen LogP contribution >= 0.6 is 0 Å². The van der Waals surface area contributed by atoms with Gasteiger partial charge in [-0.05, 0) is 6.42 Å². The molecule has 3 heteroatoms. The van der Waals surface area contributed by atoms with Gasteiger partial charge in [0.25, 0.3) is 0 Å². The van der Waals surface area contributed by atoms with Gasteiger partial charge in [-0.25, -0.2) is 0 Å². The number of ketones is 2. The maximum Gasteiger partial charge on any atom is 0.177 e. The van der Waals surface area contributed by atoms with Crippen LogP contribution in [0.3, 0.4) is 0 Å². The zero-order chi connectivity index (χ0) is 16.2. The van der Waals surface area contributed by atoms with Crippen molar-refractivity contribution in [2.45, 2.75) is 64.7 Å². The smallest absolute Gasteiger partial charge is 0.177 e.